The molecule has 0 aromatic heterocycles. The third-order valence-corrected chi connectivity index (χ3v) is 4.16. The fourth-order valence-electron chi connectivity index (χ4n) is 1.61. The summed E-state index contributed by atoms with van der Waals surface area (Å²) in [5, 5.41) is 0. The molecule has 5 nitrogen and oxygen atoms in total. The van der Waals surface area contributed by atoms with E-state index in [-0.39, 0.29) is 4.90 Å². The van der Waals surface area contributed by atoms with Gasteiger partial charge < -0.3 is 4.74 Å². The fraction of sp³-hybridized carbons (Fsp3) is 0.364. The zero-order valence-electron chi connectivity index (χ0n) is 9.34. The molecule has 0 aliphatic carbocycles. The standard InChI is InChI=1S/C11H13NO4S/c1-11(7-16-8-11)12-17(14,15)10-4-2-3-9(5-10)6-13/h2-6,12H,7-8H2,1H3. The van der Waals surface area contributed by atoms with Crippen LogP contribution in [-0.2, 0) is 14.8 Å². The van der Waals surface area contributed by atoms with Crippen molar-refractivity contribution in [1.82, 2.24) is 4.72 Å². The molecule has 0 radical (unpaired) electrons. The van der Waals surface area contributed by atoms with Crippen molar-refractivity contribution >= 4 is 16.3 Å². The lowest BCUT2D eigenvalue weighted by Crippen LogP contribution is -2.59. The second-order valence-corrected chi connectivity index (χ2v) is 6.03. The summed E-state index contributed by atoms with van der Waals surface area (Å²) in [5.41, 5.74) is -0.210. The van der Waals surface area contributed by atoms with Crippen molar-refractivity contribution in [3.63, 3.8) is 0 Å². The summed E-state index contributed by atoms with van der Waals surface area (Å²) in [6, 6.07) is 5.90. The maximum Gasteiger partial charge on any atom is 0.241 e. The Labute approximate surface area is 99.8 Å². The third-order valence-electron chi connectivity index (χ3n) is 2.53. The molecule has 0 amide bonds. The van der Waals surface area contributed by atoms with Gasteiger partial charge >= 0.3 is 0 Å². The number of nitrogens with one attached hydrogen (secondary N) is 1. The van der Waals surface area contributed by atoms with Crippen LogP contribution in [0.1, 0.15) is 17.3 Å². The summed E-state index contributed by atoms with van der Waals surface area (Å²) in [7, 11) is -3.60. The molecule has 1 aromatic rings. The Kier molecular flexibility index (Phi) is 3.03. The van der Waals surface area contributed by atoms with Crippen LogP contribution in [-0.4, -0.2) is 33.5 Å². The predicted molar refractivity (Wildman–Crippen MR) is 61.4 cm³/mol. The Bertz CT molecular complexity index is 534. The van der Waals surface area contributed by atoms with Crippen LogP contribution < -0.4 is 4.72 Å². The number of hydrogen-bond acceptors (Lipinski definition) is 4. The van der Waals surface area contributed by atoms with Gasteiger partial charge in [0, 0.05) is 5.56 Å². The van der Waals surface area contributed by atoms with Crippen LogP contribution >= 0.6 is 0 Å². The Morgan fingerprint density at radius 3 is 2.65 bits per heavy atom. The zero-order chi connectivity index (χ0) is 12.5. The van der Waals surface area contributed by atoms with E-state index in [1.54, 1.807) is 13.0 Å². The number of carbonyl (C=O) groups is 1. The Hall–Kier alpha value is -1.24. The van der Waals surface area contributed by atoms with Gasteiger partial charge in [-0.25, -0.2) is 13.1 Å². The van der Waals surface area contributed by atoms with Gasteiger partial charge in [-0.05, 0) is 19.1 Å². The molecule has 1 aliphatic rings. The first-order valence-corrected chi connectivity index (χ1v) is 6.60. The first-order valence-electron chi connectivity index (χ1n) is 5.12. The molecule has 0 bridgehead atoms. The largest absolute Gasteiger partial charge is 0.377 e. The quantitative estimate of drug-likeness (QED) is 0.798. The van der Waals surface area contributed by atoms with Crippen molar-refractivity contribution in [2.75, 3.05) is 13.2 Å². The molecule has 6 heteroatoms. The highest BCUT2D eigenvalue weighted by Crippen LogP contribution is 2.20. The van der Waals surface area contributed by atoms with Gasteiger partial charge in [-0.15, -0.1) is 0 Å². The van der Waals surface area contributed by atoms with Crippen LogP contribution in [0.2, 0.25) is 0 Å². The second-order valence-electron chi connectivity index (χ2n) is 4.35. The summed E-state index contributed by atoms with van der Waals surface area (Å²) in [6.45, 7) is 2.50. The number of rotatable bonds is 4. The number of aldehydes is 1. The molecule has 92 valence electrons. The number of ether oxygens (including phenoxy) is 1. The maximum absolute atomic E-state index is 12.0. The fourth-order valence-corrected chi connectivity index (χ4v) is 3.04. The molecule has 0 unspecified atom stereocenters. The molecule has 1 N–H and O–H groups in total. The lowest BCUT2D eigenvalue weighted by molar-refractivity contribution is -0.0523. The van der Waals surface area contributed by atoms with E-state index >= 15 is 0 Å². The minimum absolute atomic E-state index is 0.0928. The molecule has 1 aromatic carbocycles. The third kappa shape index (κ3) is 2.54. The van der Waals surface area contributed by atoms with E-state index in [4.69, 9.17) is 4.74 Å². The minimum Gasteiger partial charge on any atom is -0.377 e. The minimum atomic E-state index is -3.60. The number of sulfonamides is 1. The van der Waals surface area contributed by atoms with Crippen LogP contribution in [0.25, 0.3) is 0 Å². The van der Waals surface area contributed by atoms with E-state index < -0.39 is 15.6 Å². The molecule has 1 fully saturated rings. The van der Waals surface area contributed by atoms with E-state index in [0.717, 1.165) is 0 Å². The van der Waals surface area contributed by atoms with E-state index in [0.29, 0.717) is 25.1 Å². The first kappa shape index (κ1) is 12.2. The predicted octanol–water partition coefficient (Wildman–Crippen LogP) is 0.566. The monoisotopic (exact) mass is 255 g/mol. The number of carbonyl (C=O) groups excluding carboxylic acids is 1. The smallest absolute Gasteiger partial charge is 0.241 e. The SMILES string of the molecule is CC1(NS(=O)(=O)c2cccc(C=O)c2)COC1. The molecule has 0 atom stereocenters. The highest BCUT2D eigenvalue weighted by atomic mass is 32.2. The Morgan fingerprint density at radius 2 is 2.12 bits per heavy atom. The van der Waals surface area contributed by atoms with Gasteiger partial charge in [-0.2, -0.15) is 0 Å². The van der Waals surface area contributed by atoms with Crippen molar-refractivity contribution in [2.45, 2.75) is 17.4 Å². The van der Waals surface area contributed by atoms with Gasteiger partial charge in [0.2, 0.25) is 10.0 Å². The van der Waals surface area contributed by atoms with Crippen LogP contribution in [0, 0.1) is 0 Å². The average molecular weight is 255 g/mol. The van der Waals surface area contributed by atoms with Gasteiger partial charge in [0.25, 0.3) is 0 Å². The van der Waals surface area contributed by atoms with Gasteiger partial charge in [0.1, 0.15) is 6.29 Å². The van der Waals surface area contributed by atoms with Gasteiger partial charge in [0.15, 0.2) is 0 Å². The summed E-state index contributed by atoms with van der Waals surface area (Å²) in [4.78, 5) is 10.7. The van der Waals surface area contributed by atoms with Crippen molar-refractivity contribution in [1.29, 1.82) is 0 Å². The van der Waals surface area contributed by atoms with Crippen molar-refractivity contribution in [3.8, 4) is 0 Å². The van der Waals surface area contributed by atoms with E-state index in [9.17, 15) is 13.2 Å². The molecule has 1 heterocycles. The average Bonchev–Trinajstić information content (AvgIpc) is 2.26. The molecule has 17 heavy (non-hydrogen) atoms. The lowest BCUT2D eigenvalue weighted by atomic mass is 10.0. The van der Waals surface area contributed by atoms with Crippen molar-refractivity contribution < 1.29 is 17.9 Å². The summed E-state index contributed by atoms with van der Waals surface area (Å²) in [5.74, 6) is 0. The molecule has 0 spiro atoms. The molecular formula is C11H13NO4S. The highest BCUT2D eigenvalue weighted by Gasteiger charge is 2.37. The number of hydrogen-bond donors (Lipinski definition) is 1. The number of benzene rings is 1. The van der Waals surface area contributed by atoms with Gasteiger partial charge in [-0.1, -0.05) is 12.1 Å². The molecule has 2 rings (SSSR count). The highest BCUT2D eigenvalue weighted by molar-refractivity contribution is 7.89. The van der Waals surface area contributed by atoms with E-state index in [2.05, 4.69) is 4.72 Å². The topological polar surface area (TPSA) is 72.5 Å². The molecule has 1 saturated heterocycles. The van der Waals surface area contributed by atoms with E-state index in [1.807, 2.05) is 0 Å². The summed E-state index contributed by atoms with van der Waals surface area (Å²) in [6.07, 6.45) is 0.618. The maximum atomic E-state index is 12.0. The molecule has 0 saturated carbocycles. The molecular weight excluding hydrogens is 242 g/mol. The van der Waals surface area contributed by atoms with Crippen LogP contribution in [0.3, 0.4) is 0 Å². The van der Waals surface area contributed by atoms with Gasteiger partial charge in [0.05, 0.1) is 23.6 Å². The first-order chi connectivity index (χ1) is 7.95. The van der Waals surface area contributed by atoms with Crippen molar-refractivity contribution in [2.24, 2.45) is 0 Å². The second kappa shape index (κ2) is 4.21. The van der Waals surface area contributed by atoms with Crippen LogP contribution in [0.4, 0.5) is 0 Å². The van der Waals surface area contributed by atoms with Crippen LogP contribution in [0.15, 0.2) is 29.2 Å². The molecule has 1 aliphatic heterocycles. The van der Waals surface area contributed by atoms with E-state index in [1.165, 1.54) is 18.2 Å². The lowest BCUT2D eigenvalue weighted by Gasteiger charge is -2.38. The summed E-state index contributed by atoms with van der Waals surface area (Å²) < 4.78 is 31.6. The normalized spacial score (nSPS) is 18.4. The van der Waals surface area contributed by atoms with Gasteiger partial charge in [-0.3, -0.25) is 4.79 Å². The Balaban J connectivity index is 2.27. The van der Waals surface area contributed by atoms with Crippen LogP contribution in [0.5, 0.6) is 0 Å². The zero-order valence-corrected chi connectivity index (χ0v) is 10.2. The van der Waals surface area contributed by atoms with Crippen molar-refractivity contribution in [3.05, 3.63) is 29.8 Å². The Morgan fingerprint density at radius 1 is 1.41 bits per heavy atom. The summed E-state index contributed by atoms with van der Waals surface area (Å²) >= 11 is 0.